The molecule has 0 spiro atoms. The number of aryl methyl sites for hydroxylation is 1. The van der Waals surface area contributed by atoms with E-state index in [2.05, 4.69) is 21.5 Å². The lowest BCUT2D eigenvalue weighted by atomic mass is 9.84. The SMILES string of the molecule is COc1ccc(C2Oc3ccc(C)cc3C3=C2C(c2ccccc2F)n2ncnc2N3)cc1OC. The molecule has 3 heterocycles. The van der Waals surface area contributed by atoms with Crippen molar-refractivity contribution in [2.45, 2.75) is 19.1 Å². The van der Waals surface area contributed by atoms with Gasteiger partial charge < -0.3 is 19.5 Å². The number of ether oxygens (including phenoxy) is 3. The first-order valence-corrected chi connectivity index (χ1v) is 11.2. The Morgan fingerprint density at radius 1 is 1.00 bits per heavy atom. The van der Waals surface area contributed by atoms with Crippen molar-refractivity contribution < 1.29 is 18.6 Å². The number of hydrogen-bond donors (Lipinski definition) is 1. The first kappa shape index (κ1) is 21.2. The molecule has 0 amide bonds. The van der Waals surface area contributed by atoms with Crippen LogP contribution in [0.4, 0.5) is 10.3 Å². The Morgan fingerprint density at radius 3 is 2.63 bits per heavy atom. The fourth-order valence-electron chi connectivity index (χ4n) is 4.87. The van der Waals surface area contributed by atoms with Crippen LogP contribution < -0.4 is 19.5 Å². The lowest BCUT2D eigenvalue weighted by Gasteiger charge is -2.39. The highest BCUT2D eigenvalue weighted by Gasteiger charge is 2.42. The quantitative estimate of drug-likeness (QED) is 0.436. The van der Waals surface area contributed by atoms with Gasteiger partial charge in [0, 0.05) is 22.3 Å². The van der Waals surface area contributed by atoms with Gasteiger partial charge in [0.25, 0.3) is 0 Å². The molecule has 2 atom stereocenters. The molecule has 0 saturated heterocycles. The van der Waals surface area contributed by atoms with Crippen molar-refractivity contribution in [3.8, 4) is 17.2 Å². The maximum atomic E-state index is 15.3. The van der Waals surface area contributed by atoms with E-state index in [1.54, 1.807) is 31.0 Å². The average molecular weight is 471 g/mol. The highest BCUT2D eigenvalue weighted by molar-refractivity contribution is 5.85. The van der Waals surface area contributed by atoms with E-state index in [1.165, 1.54) is 12.4 Å². The summed E-state index contributed by atoms with van der Waals surface area (Å²) >= 11 is 0. The summed E-state index contributed by atoms with van der Waals surface area (Å²) < 4.78 is 34.6. The van der Waals surface area contributed by atoms with E-state index in [4.69, 9.17) is 14.2 Å². The maximum Gasteiger partial charge on any atom is 0.226 e. The highest BCUT2D eigenvalue weighted by Crippen LogP contribution is 2.51. The predicted molar refractivity (Wildman–Crippen MR) is 129 cm³/mol. The summed E-state index contributed by atoms with van der Waals surface area (Å²) in [5.41, 5.74) is 4.97. The molecule has 0 bridgehead atoms. The average Bonchev–Trinajstić information content (AvgIpc) is 3.35. The monoisotopic (exact) mass is 470 g/mol. The Balaban J connectivity index is 1.63. The molecule has 4 aromatic rings. The second-order valence-electron chi connectivity index (χ2n) is 8.52. The molecule has 1 aromatic heterocycles. The first-order chi connectivity index (χ1) is 17.1. The van der Waals surface area contributed by atoms with Crippen LogP contribution in [0.25, 0.3) is 5.70 Å². The zero-order valence-electron chi connectivity index (χ0n) is 19.4. The van der Waals surface area contributed by atoms with Crippen LogP contribution in [-0.4, -0.2) is 29.0 Å². The van der Waals surface area contributed by atoms with Crippen molar-refractivity contribution >= 4 is 11.6 Å². The van der Waals surface area contributed by atoms with Crippen molar-refractivity contribution in [1.29, 1.82) is 0 Å². The third kappa shape index (κ3) is 3.32. The third-order valence-electron chi connectivity index (χ3n) is 6.48. The van der Waals surface area contributed by atoms with Crippen molar-refractivity contribution in [1.82, 2.24) is 14.8 Å². The molecule has 0 fully saturated rings. The van der Waals surface area contributed by atoms with Gasteiger partial charge in [0.1, 0.15) is 30.0 Å². The molecule has 6 rings (SSSR count). The molecule has 2 unspecified atom stereocenters. The van der Waals surface area contributed by atoms with Gasteiger partial charge in [-0.15, -0.1) is 0 Å². The van der Waals surface area contributed by atoms with Crippen molar-refractivity contribution in [3.63, 3.8) is 0 Å². The van der Waals surface area contributed by atoms with Crippen LogP contribution in [0.15, 0.2) is 72.6 Å². The van der Waals surface area contributed by atoms with Crippen LogP contribution in [0.2, 0.25) is 0 Å². The third-order valence-corrected chi connectivity index (χ3v) is 6.48. The molecule has 1 N–H and O–H groups in total. The summed E-state index contributed by atoms with van der Waals surface area (Å²) in [6.45, 7) is 2.03. The van der Waals surface area contributed by atoms with Gasteiger partial charge in [0.05, 0.1) is 19.9 Å². The smallest absolute Gasteiger partial charge is 0.226 e. The number of methoxy groups -OCH3 is 2. The van der Waals surface area contributed by atoms with Gasteiger partial charge in [0.15, 0.2) is 11.5 Å². The van der Waals surface area contributed by atoms with Crippen LogP contribution in [0.3, 0.4) is 0 Å². The number of nitrogens with zero attached hydrogens (tertiary/aromatic N) is 3. The molecule has 0 saturated carbocycles. The number of halogens is 1. The molecule has 0 radical (unpaired) electrons. The van der Waals surface area contributed by atoms with Crippen molar-refractivity contribution in [3.05, 3.63) is 101 Å². The van der Waals surface area contributed by atoms with Crippen LogP contribution >= 0.6 is 0 Å². The van der Waals surface area contributed by atoms with Gasteiger partial charge >= 0.3 is 0 Å². The summed E-state index contributed by atoms with van der Waals surface area (Å²) in [7, 11) is 3.19. The molecular weight excluding hydrogens is 447 g/mol. The molecule has 7 nitrogen and oxygen atoms in total. The number of anilines is 1. The van der Waals surface area contributed by atoms with E-state index < -0.39 is 12.1 Å². The largest absolute Gasteiger partial charge is 0.493 e. The minimum atomic E-state index is -0.572. The fraction of sp³-hybridized carbons (Fsp3) is 0.185. The van der Waals surface area contributed by atoms with Gasteiger partial charge in [0.2, 0.25) is 5.95 Å². The Labute approximate surface area is 201 Å². The van der Waals surface area contributed by atoms with Gasteiger partial charge in [-0.2, -0.15) is 10.1 Å². The normalized spacial score (nSPS) is 18.1. The fourth-order valence-corrected chi connectivity index (χ4v) is 4.87. The van der Waals surface area contributed by atoms with Crippen LogP contribution in [-0.2, 0) is 0 Å². The number of benzene rings is 3. The van der Waals surface area contributed by atoms with Crippen LogP contribution in [0, 0.1) is 12.7 Å². The molecule has 176 valence electrons. The number of nitrogens with one attached hydrogen (secondary N) is 1. The highest BCUT2D eigenvalue weighted by atomic mass is 19.1. The van der Waals surface area contributed by atoms with Crippen LogP contribution in [0.1, 0.15) is 34.4 Å². The molecule has 8 heteroatoms. The maximum absolute atomic E-state index is 15.3. The van der Waals surface area contributed by atoms with Crippen LogP contribution in [0.5, 0.6) is 17.2 Å². The van der Waals surface area contributed by atoms with E-state index in [1.807, 2.05) is 43.3 Å². The molecule has 2 aliphatic rings. The van der Waals surface area contributed by atoms with Crippen molar-refractivity contribution in [2.24, 2.45) is 0 Å². The Kier molecular flexibility index (Phi) is 4.95. The first-order valence-electron chi connectivity index (χ1n) is 11.2. The molecular formula is C27H23FN4O3. The van der Waals surface area contributed by atoms with E-state index in [9.17, 15) is 0 Å². The number of fused-ring (bicyclic) bond motifs is 3. The van der Waals surface area contributed by atoms with E-state index in [0.717, 1.165) is 33.7 Å². The van der Waals surface area contributed by atoms with E-state index in [0.29, 0.717) is 23.0 Å². The van der Waals surface area contributed by atoms with Gasteiger partial charge in [-0.05, 0) is 37.3 Å². The summed E-state index contributed by atoms with van der Waals surface area (Å²) in [6, 6.07) is 17.9. The van der Waals surface area contributed by atoms with E-state index >= 15 is 4.39 Å². The van der Waals surface area contributed by atoms with Gasteiger partial charge in [-0.3, -0.25) is 0 Å². The lowest BCUT2D eigenvalue weighted by Crippen LogP contribution is -2.33. The summed E-state index contributed by atoms with van der Waals surface area (Å²) in [5, 5.41) is 7.89. The topological polar surface area (TPSA) is 70.4 Å². The molecule has 0 aliphatic carbocycles. The zero-order chi connectivity index (χ0) is 24.1. The number of hydrogen-bond acceptors (Lipinski definition) is 6. The van der Waals surface area contributed by atoms with Crippen molar-refractivity contribution in [2.75, 3.05) is 19.5 Å². The standard InChI is InChI=1S/C27H23FN4O3/c1-15-8-10-20-18(12-15)24-23(26(35-20)16-9-11-21(33-2)22(13-16)34-3)25(17-6-4-5-7-19(17)28)32-27(31-24)29-14-30-32/h4-14,25-26H,1-3H3,(H,29,30,31). The minimum Gasteiger partial charge on any atom is -0.493 e. The summed E-state index contributed by atoms with van der Waals surface area (Å²) in [4.78, 5) is 4.40. The second kappa shape index (κ2) is 8.16. The molecule has 35 heavy (non-hydrogen) atoms. The molecule has 2 aliphatic heterocycles. The summed E-state index contributed by atoms with van der Waals surface area (Å²) in [5.74, 6) is 2.13. The number of aromatic nitrogens is 3. The Bertz CT molecular complexity index is 1480. The Hall–Kier alpha value is -4.33. The molecule has 3 aromatic carbocycles. The Morgan fingerprint density at radius 2 is 1.83 bits per heavy atom. The van der Waals surface area contributed by atoms with Gasteiger partial charge in [-0.25, -0.2) is 9.07 Å². The summed E-state index contributed by atoms with van der Waals surface area (Å²) in [6.07, 6.45) is 0.924. The predicted octanol–water partition coefficient (Wildman–Crippen LogP) is 5.30. The minimum absolute atomic E-state index is 0.325. The lowest BCUT2D eigenvalue weighted by molar-refractivity contribution is 0.221. The second-order valence-corrected chi connectivity index (χ2v) is 8.52. The van der Waals surface area contributed by atoms with Gasteiger partial charge in [-0.1, -0.05) is 35.9 Å². The zero-order valence-corrected chi connectivity index (χ0v) is 19.4. The number of rotatable bonds is 4. The van der Waals surface area contributed by atoms with E-state index in [-0.39, 0.29) is 5.82 Å².